The van der Waals surface area contributed by atoms with Gasteiger partial charge in [0.2, 0.25) is 0 Å². The van der Waals surface area contributed by atoms with Gasteiger partial charge >= 0.3 is 6.03 Å². The number of primary amides is 1. The highest BCUT2D eigenvalue weighted by Gasteiger charge is 2.62. The van der Waals surface area contributed by atoms with Crippen molar-refractivity contribution in [3.05, 3.63) is 28.9 Å². The van der Waals surface area contributed by atoms with Gasteiger partial charge in [0.05, 0.1) is 17.3 Å². The fourth-order valence-electron chi connectivity index (χ4n) is 3.86. The molecule has 110 valence electrons. The maximum absolute atomic E-state index is 11.0. The Labute approximate surface area is 125 Å². The molecule has 1 heterocycles. The first kappa shape index (κ1) is 12.9. The van der Waals surface area contributed by atoms with Gasteiger partial charge in [-0.25, -0.2) is 4.79 Å². The van der Waals surface area contributed by atoms with E-state index in [0.29, 0.717) is 17.9 Å². The molecule has 2 fully saturated rings. The van der Waals surface area contributed by atoms with Crippen LogP contribution in [0.5, 0.6) is 0 Å². The van der Waals surface area contributed by atoms with Crippen molar-refractivity contribution in [1.29, 1.82) is 0 Å². The molecular weight excluding hydrogens is 292 g/mol. The van der Waals surface area contributed by atoms with E-state index in [9.17, 15) is 9.90 Å². The van der Waals surface area contributed by atoms with Gasteiger partial charge in [0.1, 0.15) is 0 Å². The van der Waals surface area contributed by atoms with Gasteiger partial charge in [-0.15, -0.1) is 0 Å². The van der Waals surface area contributed by atoms with E-state index in [1.54, 1.807) is 18.3 Å². The third-order valence-electron chi connectivity index (χ3n) is 4.81. The van der Waals surface area contributed by atoms with E-state index < -0.39 is 11.6 Å². The fraction of sp³-hybridized carbons (Fsp3) is 0.429. The molecular formula is C14H15ClN4O2. The Kier molecular flexibility index (Phi) is 2.53. The van der Waals surface area contributed by atoms with Crippen molar-refractivity contribution < 1.29 is 9.90 Å². The van der Waals surface area contributed by atoms with Crippen LogP contribution in [0.25, 0.3) is 10.9 Å². The summed E-state index contributed by atoms with van der Waals surface area (Å²) in [5.74, 6) is 0.562. The summed E-state index contributed by atoms with van der Waals surface area (Å²) >= 11 is 6.13. The number of hydrogen-bond donors (Lipinski definition) is 4. The number of aromatic amines is 1. The van der Waals surface area contributed by atoms with E-state index in [1.807, 2.05) is 0 Å². The highest BCUT2D eigenvalue weighted by Crippen LogP contribution is 2.60. The monoisotopic (exact) mass is 306 g/mol. The van der Waals surface area contributed by atoms with Gasteiger partial charge in [0.15, 0.2) is 0 Å². The molecule has 0 bridgehead atoms. The van der Waals surface area contributed by atoms with Gasteiger partial charge in [-0.05, 0) is 42.4 Å². The number of nitrogens with one attached hydrogen (secondary N) is 2. The van der Waals surface area contributed by atoms with Crippen LogP contribution in [0.2, 0.25) is 5.02 Å². The number of carbonyl (C=O) groups excluding carboxylic acids is 1. The number of nitrogens with zero attached hydrogens (tertiary/aromatic N) is 1. The molecule has 5 N–H and O–H groups in total. The number of benzene rings is 1. The van der Waals surface area contributed by atoms with Crippen molar-refractivity contribution in [1.82, 2.24) is 15.5 Å². The zero-order valence-corrected chi connectivity index (χ0v) is 11.9. The zero-order valence-electron chi connectivity index (χ0n) is 11.1. The zero-order chi connectivity index (χ0) is 14.8. The van der Waals surface area contributed by atoms with Crippen molar-refractivity contribution in [2.45, 2.75) is 24.5 Å². The van der Waals surface area contributed by atoms with E-state index in [-0.39, 0.29) is 17.9 Å². The van der Waals surface area contributed by atoms with E-state index in [4.69, 9.17) is 17.3 Å². The SMILES string of the molecule is NC(=O)NC1[C@H]2CC(O)(c3cc(Cl)cc4[nH]ncc34)C[C@@H]12. The van der Waals surface area contributed by atoms with Crippen LogP contribution in [0.3, 0.4) is 0 Å². The molecule has 1 aromatic heterocycles. The second-order valence-corrected chi connectivity index (χ2v) is 6.52. The third-order valence-corrected chi connectivity index (χ3v) is 5.03. The van der Waals surface area contributed by atoms with Crippen LogP contribution in [0, 0.1) is 11.8 Å². The standard InChI is InChI=1S/C14H15ClN4O2/c15-6-1-10(9-5-17-19-11(9)2-6)14(21)3-7-8(4-14)12(7)18-13(16)20/h1-2,5,7-8,12,21H,3-4H2,(H,17,19)(H3,16,18,20)/t7-,8+,12?,14?. The molecule has 2 saturated carbocycles. The smallest absolute Gasteiger partial charge is 0.312 e. The molecule has 7 heteroatoms. The Hall–Kier alpha value is -1.79. The predicted octanol–water partition coefficient (Wildman–Crippen LogP) is 1.48. The minimum absolute atomic E-state index is 0.0989. The number of hydrogen-bond acceptors (Lipinski definition) is 3. The van der Waals surface area contributed by atoms with Crippen LogP contribution in [0.1, 0.15) is 18.4 Å². The molecule has 2 aromatic rings. The highest BCUT2D eigenvalue weighted by molar-refractivity contribution is 6.31. The lowest BCUT2D eigenvalue weighted by Gasteiger charge is -2.27. The summed E-state index contributed by atoms with van der Waals surface area (Å²) in [6, 6.07) is 3.20. The largest absolute Gasteiger partial charge is 0.385 e. The summed E-state index contributed by atoms with van der Waals surface area (Å²) in [7, 11) is 0. The number of aromatic nitrogens is 2. The van der Waals surface area contributed by atoms with Crippen LogP contribution in [-0.2, 0) is 5.60 Å². The number of urea groups is 1. The maximum Gasteiger partial charge on any atom is 0.312 e. The number of halogens is 1. The summed E-state index contributed by atoms with van der Waals surface area (Å²) in [5.41, 5.74) is 5.86. The van der Waals surface area contributed by atoms with Crippen LogP contribution in [0.4, 0.5) is 4.79 Å². The first-order chi connectivity index (χ1) is 9.98. The molecule has 0 radical (unpaired) electrons. The lowest BCUT2D eigenvalue weighted by molar-refractivity contribution is 0.0299. The third kappa shape index (κ3) is 1.90. The number of amides is 2. The van der Waals surface area contributed by atoms with Crippen molar-refractivity contribution >= 4 is 28.5 Å². The Bertz CT molecular complexity index is 732. The molecule has 4 rings (SSSR count). The average Bonchev–Trinajstić information content (AvgIpc) is 2.83. The summed E-state index contributed by atoms with van der Waals surface area (Å²) in [6.07, 6.45) is 2.91. The van der Waals surface area contributed by atoms with Crippen LogP contribution in [0.15, 0.2) is 18.3 Å². The lowest BCUT2D eigenvalue weighted by atomic mass is 9.86. The number of nitrogens with two attached hydrogens (primary N) is 1. The van der Waals surface area contributed by atoms with E-state index >= 15 is 0 Å². The number of aliphatic hydroxyl groups is 1. The number of carbonyl (C=O) groups is 1. The normalized spacial score (nSPS) is 33.9. The lowest BCUT2D eigenvalue weighted by Crippen LogP contribution is -2.36. The Morgan fingerprint density at radius 1 is 1.48 bits per heavy atom. The minimum atomic E-state index is -0.918. The molecule has 2 aliphatic carbocycles. The molecule has 0 aliphatic heterocycles. The van der Waals surface area contributed by atoms with Gasteiger partial charge in [0.25, 0.3) is 0 Å². The Morgan fingerprint density at radius 2 is 2.19 bits per heavy atom. The van der Waals surface area contributed by atoms with Crippen LogP contribution < -0.4 is 11.1 Å². The summed E-state index contributed by atoms with van der Waals surface area (Å²) in [4.78, 5) is 10.9. The number of fused-ring (bicyclic) bond motifs is 2. The van der Waals surface area contributed by atoms with Crippen LogP contribution in [-0.4, -0.2) is 27.4 Å². The second-order valence-electron chi connectivity index (χ2n) is 6.09. The van der Waals surface area contributed by atoms with E-state index in [0.717, 1.165) is 16.5 Å². The quantitative estimate of drug-likeness (QED) is 0.675. The number of H-pyrrole nitrogens is 1. The summed E-state index contributed by atoms with van der Waals surface area (Å²) in [5, 5.41) is 22.1. The maximum atomic E-state index is 11.0. The Balaban J connectivity index is 1.65. The van der Waals surface area contributed by atoms with Crippen molar-refractivity contribution in [2.24, 2.45) is 17.6 Å². The molecule has 2 unspecified atom stereocenters. The number of rotatable bonds is 2. The summed E-state index contributed by atoms with van der Waals surface area (Å²) < 4.78 is 0. The van der Waals surface area contributed by atoms with E-state index in [1.165, 1.54) is 0 Å². The topological polar surface area (TPSA) is 104 Å². The van der Waals surface area contributed by atoms with Crippen LogP contribution >= 0.6 is 11.6 Å². The molecule has 21 heavy (non-hydrogen) atoms. The summed E-state index contributed by atoms with van der Waals surface area (Å²) in [6.45, 7) is 0. The molecule has 4 atom stereocenters. The minimum Gasteiger partial charge on any atom is -0.385 e. The molecule has 1 aromatic carbocycles. The second kappa shape index (κ2) is 4.11. The Morgan fingerprint density at radius 3 is 2.86 bits per heavy atom. The molecule has 2 aliphatic rings. The van der Waals surface area contributed by atoms with Gasteiger partial charge in [-0.3, -0.25) is 5.10 Å². The first-order valence-corrected chi connectivity index (χ1v) is 7.27. The van der Waals surface area contributed by atoms with E-state index in [2.05, 4.69) is 15.5 Å². The predicted molar refractivity (Wildman–Crippen MR) is 77.7 cm³/mol. The fourth-order valence-corrected chi connectivity index (χ4v) is 4.08. The van der Waals surface area contributed by atoms with Gasteiger partial charge in [0, 0.05) is 16.5 Å². The van der Waals surface area contributed by atoms with Crippen molar-refractivity contribution in [3.8, 4) is 0 Å². The molecule has 6 nitrogen and oxygen atoms in total. The van der Waals surface area contributed by atoms with Crippen molar-refractivity contribution in [3.63, 3.8) is 0 Å². The molecule has 0 saturated heterocycles. The van der Waals surface area contributed by atoms with Gasteiger partial charge in [-0.2, -0.15) is 5.10 Å². The van der Waals surface area contributed by atoms with Gasteiger partial charge < -0.3 is 16.2 Å². The van der Waals surface area contributed by atoms with Gasteiger partial charge in [-0.1, -0.05) is 11.6 Å². The molecule has 0 spiro atoms. The molecule has 2 amide bonds. The first-order valence-electron chi connectivity index (χ1n) is 6.89. The average molecular weight is 307 g/mol. The van der Waals surface area contributed by atoms with Crippen molar-refractivity contribution in [2.75, 3.05) is 0 Å². The highest BCUT2D eigenvalue weighted by atomic mass is 35.5.